The molecule has 0 spiro atoms. The Hall–Kier alpha value is -1.10. The lowest BCUT2D eigenvalue weighted by atomic mass is 10.1. The summed E-state index contributed by atoms with van der Waals surface area (Å²) in [6, 6.07) is 12.8. The number of halogens is 1. The molecule has 0 atom stereocenters. The van der Waals surface area contributed by atoms with E-state index in [1.165, 1.54) is 0 Å². The summed E-state index contributed by atoms with van der Waals surface area (Å²) in [6.45, 7) is 0.415. The average molecular weight is 298 g/mol. The molecule has 0 unspecified atom stereocenters. The van der Waals surface area contributed by atoms with E-state index < -0.39 is 10.0 Å². The molecule has 0 aliphatic heterocycles. The Kier molecular flexibility index (Phi) is 4.80. The molecule has 0 amide bonds. The second kappa shape index (κ2) is 6.37. The number of unbranched alkanes of at least 4 members (excludes halogenated alkanes) is 1. The molecule has 0 aliphatic carbocycles. The smallest absolute Gasteiger partial charge is 0.211 e. The molecule has 5 heteroatoms. The topological polar surface area (TPSA) is 46.2 Å². The van der Waals surface area contributed by atoms with Crippen molar-refractivity contribution in [3.8, 4) is 0 Å². The highest BCUT2D eigenvalue weighted by Gasteiger charge is 2.15. The molecule has 0 radical (unpaired) electrons. The fourth-order valence-electron chi connectivity index (χ4n) is 1.93. The molecule has 3 nitrogen and oxygen atoms in total. The standard InChI is InChI=1S/C14H16ClNO2S/c15-10-3-4-11-16-19(17,18)14-9-5-7-12-6-1-2-8-13(12)14/h1-2,5-9,16H,3-4,10-11H2. The van der Waals surface area contributed by atoms with Crippen molar-refractivity contribution in [1.29, 1.82) is 0 Å². The Morgan fingerprint density at radius 3 is 2.53 bits per heavy atom. The number of benzene rings is 2. The van der Waals surface area contributed by atoms with Gasteiger partial charge in [-0.1, -0.05) is 36.4 Å². The van der Waals surface area contributed by atoms with E-state index in [-0.39, 0.29) is 0 Å². The normalized spacial score (nSPS) is 11.8. The first kappa shape index (κ1) is 14.3. The predicted molar refractivity (Wildman–Crippen MR) is 79.1 cm³/mol. The third kappa shape index (κ3) is 3.47. The lowest BCUT2D eigenvalue weighted by Gasteiger charge is -2.09. The van der Waals surface area contributed by atoms with Crippen LogP contribution in [0, 0.1) is 0 Å². The first-order valence-electron chi connectivity index (χ1n) is 6.18. The monoisotopic (exact) mass is 297 g/mol. The Balaban J connectivity index is 2.28. The van der Waals surface area contributed by atoms with Crippen LogP contribution in [0.2, 0.25) is 0 Å². The number of hydrogen-bond donors (Lipinski definition) is 1. The van der Waals surface area contributed by atoms with Crippen molar-refractivity contribution in [2.24, 2.45) is 0 Å². The minimum absolute atomic E-state index is 0.330. The molecule has 2 aromatic rings. The predicted octanol–water partition coefficient (Wildman–Crippen LogP) is 3.14. The molecule has 0 aliphatic rings. The highest BCUT2D eigenvalue weighted by Crippen LogP contribution is 2.22. The van der Waals surface area contributed by atoms with E-state index in [1.54, 1.807) is 12.1 Å². The zero-order valence-electron chi connectivity index (χ0n) is 10.5. The van der Waals surface area contributed by atoms with Gasteiger partial charge in [-0.05, 0) is 24.3 Å². The number of rotatable bonds is 6. The molecule has 2 aromatic carbocycles. The molecule has 102 valence electrons. The van der Waals surface area contributed by atoms with Gasteiger partial charge in [0.15, 0.2) is 0 Å². The fraction of sp³-hybridized carbons (Fsp3) is 0.286. The summed E-state index contributed by atoms with van der Waals surface area (Å²) in [5, 5.41) is 1.67. The van der Waals surface area contributed by atoms with E-state index in [0.717, 1.165) is 23.6 Å². The highest BCUT2D eigenvalue weighted by atomic mass is 35.5. The molecule has 0 bridgehead atoms. The third-order valence-electron chi connectivity index (χ3n) is 2.89. The molecular formula is C14H16ClNO2S. The Bertz CT molecular complexity index is 650. The number of fused-ring (bicyclic) bond motifs is 1. The van der Waals surface area contributed by atoms with Crippen LogP contribution in [-0.4, -0.2) is 20.8 Å². The van der Waals surface area contributed by atoms with Crippen LogP contribution < -0.4 is 4.72 Å². The molecule has 2 rings (SSSR count). The van der Waals surface area contributed by atoms with Gasteiger partial charge in [-0.3, -0.25) is 0 Å². The quantitative estimate of drug-likeness (QED) is 0.658. The minimum atomic E-state index is -3.46. The highest BCUT2D eigenvalue weighted by molar-refractivity contribution is 7.89. The van der Waals surface area contributed by atoms with E-state index in [9.17, 15) is 8.42 Å². The van der Waals surface area contributed by atoms with Crippen LogP contribution >= 0.6 is 11.6 Å². The van der Waals surface area contributed by atoms with E-state index in [1.807, 2.05) is 30.3 Å². The van der Waals surface area contributed by atoms with Gasteiger partial charge < -0.3 is 0 Å². The second-order valence-corrected chi connectivity index (χ2v) is 6.38. The minimum Gasteiger partial charge on any atom is -0.211 e. The van der Waals surface area contributed by atoms with Crippen molar-refractivity contribution in [2.75, 3.05) is 12.4 Å². The van der Waals surface area contributed by atoms with Gasteiger partial charge in [0.05, 0.1) is 4.90 Å². The summed E-state index contributed by atoms with van der Waals surface area (Å²) < 4.78 is 27.1. The Morgan fingerprint density at radius 2 is 1.74 bits per heavy atom. The van der Waals surface area contributed by atoms with Crippen LogP contribution in [0.5, 0.6) is 0 Å². The van der Waals surface area contributed by atoms with Gasteiger partial charge in [0.1, 0.15) is 0 Å². The van der Waals surface area contributed by atoms with Gasteiger partial charge in [-0.2, -0.15) is 0 Å². The van der Waals surface area contributed by atoms with Crippen molar-refractivity contribution in [1.82, 2.24) is 4.72 Å². The van der Waals surface area contributed by atoms with Crippen molar-refractivity contribution >= 4 is 32.4 Å². The van der Waals surface area contributed by atoms with Crippen LogP contribution in [0.25, 0.3) is 10.8 Å². The van der Waals surface area contributed by atoms with Gasteiger partial charge >= 0.3 is 0 Å². The van der Waals surface area contributed by atoms with Gasteiger partial charge in [0.25, 0.3) is 0 Å². The SMILES string of the molecule is O=S(=O)(NCCCCCl)c1cccc2ccccc12. The molecule has 0 saturated carbocycles. The van der Waals surface area contributed by atoms with E-state index in [4.69, 9.17) is 11.6 Å². The van der Waals surface area contributed by atoms with Crippen LogP contribution in [0.4, 0.5) is 0 Å². The molecule has 0 fully saturated rings. The summed E-state index contributed by atoms with van der Waals surface area (Å²) in [5.41, 5.74) is 0. The van der Waals surface area contributed by atoms with Gasteiger partial charge in [-0.15, -0.1) is 11.6 Å². The maximum absolute atomic E-state index is 12.3. The lowest BCUT2D eigenvalue weighted by Crippen LogP contribution is -2.25. The first-order valence-corrected chi connectivity index (χ1v) is 8.20. The van der Waals surface area contributed by atoms with Crippen molar-refractivity contribution in [3.63, 3.8) is 0 Å². The van der Waals surface area contributed by atoms with Crippen LogP contribution in [0.1, 0.15) is 12.8 Å². The van der Waals surface area contributed by atoms with Gasteiger partial charge in [0, 0.05) is 17.8 Å². The van der Waals surface area contributed by atoms with Crippen LogP contribution in [-0.2, 0) is 10.0 Å². The zero-order chi connectivity index (χ0) is 13.7. The molecule has 0 aromatic heterocycles. The van der Waals surface area contributed by atoms with E-state index in [0.29, 0.717) is 17.3 Å². The summed E-state index contributed by atoms with van der Waals surface area (Å²) in [4.78, 5) is 0.330. The van der Waals surface area contributed by atoms with Crippen LogP contribution in [0.15, 0.2) is 47.4 Å². The molecule has 19 heavy (non-hydrogen) atoms. The van der Waals surface area contributed by atoms with Crippen molar-refractivity contribution in [3.05, 3.63) is 42.5 Å². The number of alkyl halides is 1. The average Bonchev–Trinajstić information content (AvgIpc) is 2.43. The number of nitrogens with one attached hydrogen (secondary N) is 1. The number of hydrogen-bond acceptors (Lipinski definition) is 2. The molecule has 0 saturated heterocycles. The molecule has 0 heterocycles. The lowest BCUT2D eigenvalue weighted by molar-refractivity contribution is 0.579. The number of sulfonamides is 1. The summed E-state index contributed by atoms with van der Waals surface area (Å²) in [7, 11) is -3.46. The Morgan fingerprint density at radius 1 is 1.00 bits per heavy atom. The van der Waals surface area contributed by atoms with E-state index in [2.05, 4.69) is 4.72 Å². The maximum Gasteiger partial charge on any atom is 0.241 e. The fourth-order valence-corrected chi connectivity index (χ4v) is 3.42. The van der Waals surface area contributed by atoms with Crippen LogP contribution in [0.3, 0.4) is 0 Å². The second-order valence-electron chi connectivity index (χ2n) is 4.27. The summed E-state index contributed by atoms with van der Waals surface area (Å²) in [5.74, 6) is 0.552. The van der Waals surface area contributed by atoms with Gasteiger partial charge in [-0.25, -0.2) is 13.1 Å². The largest absolute Gasteiger partial charge is 0.241 e. The third-order valence-corrected chi connectivity index (χ3v) is 4.68. The Labute approximate surface area is 118 Å². The zero-order valence-corrected chi connectivity index (χ0v) is 12.0. The molecule has 1 N–H and O–H groups in total. The van der Waals surface area contributed by atoms with Crippen molar-refractivity contribution in [2.45, 2.75) is 17.7 Å². The maximum atomic E-state index is 12.3. The summed E-state index contributed by atoms with van der Waals surface area (Å²) >= 11 is 5.57. The molecular weight excluding hydrogens is 282 g/mol. The van der Waals surface area contributed by atoms with E-state index >= 15 is 0 Å². The van der Waals surface area contributed by atoms with Gasteiger partial charge in [0.2, 0.25) is 10.0 Å². The first-order chi connectivity index (χ1) is 9.15. The van der Waals surface area contributed by atoms with Crippen molar-refractivity contribution < 1.29 is 8.42 Å². The summed E-state index contributed by atoms with van der Waals surface area (Å²) in [6.07, 6.45) is 1.55.